The maximum absolute atomic E-state index is 13.2. The number of nitro groups is 1. The molecular weight excluding hydrogens is 372 g/mol. The Morgan fingerprint density at radius 3 is 2.76 bits per heavy atom. The van der Waals surface area contributed by atoms with Crippen LogP contribution in [-0.4, -0.2) is 25.6 Å². The van der Waals surface area contributed by atoms with Crippen LogP contribution in [-0.2, 0) is 4.79 Å². The molecule has 0 radical (unpaired) electrons. The zero-order valence-electron chi connectivity index (χ0n) is 15.8. The van der Waals surface area contributed by atoms with Crippen molar-refractivity contribution in [3.8, 4) is 0 Å². The number of hydrogen-bond acceptors (Lipinski definition) is 6. The van der Waals surface area contributed by atoms with E-state index in [4.69, 9.17) is 0 Å². The number of carbonyl (C=O) groups excluding carboxylic acids is 1. The summed E-state index contributed by atoms with van der Waals surface area (Å²) in [4.78, 5) is 28.2. The number of nitrogens with zero attached hydrogens (tertiary/aromatic N) is 4. The van der Waals surface area contributed by atoms with Crippen molar-refractivity contribution in [3.63, 3.8) is 0 Å². The Balaban J connectivity index is 1.79. The molecule has 1 aliphatic heterocycles. The van der Waals surface area contributed by atoms with Gasteiger partial charge in [-0.2, -0.15) is 10.1 Å². The molecule has 29 heavy (non-hydrogen) atoms. The van der Waals surface area contributed by atoms with Crippen LogP contribution in [0.2, 0.25) is 0 Å². The summed E-state index contributed by atoms with van der Waals surface area (Å²) >= 11 is 0. The minimum Gasteiger partial charge on any atom is -0.328 e. The van der Waals surface area contributed by atoms with Crippen molar-refractivity contribution in [2.75, 3.05) is 10.6 Å². The lowest BCUT2D eigenvalue weighted by atomic mass is 9.94. The Morgan fingerprint density at radius 2 is 2.00 bits per heavy atom. The van der Waals surface area contributed by atoms with E-state index in [2.05, 4.69) is 20.7 Å². The van der Waals surface area contributed by atoms with Crippen LogP contribution < -0.4 is 10.6 Å². The average molecular weight is 390 g/mol. The van der Waals surface area contributed by atoms with Crippen molar-refractivity contribution in [1.29, 1.82) is 0 Å². The smallest absolute Gasteiger partial charge is 0.269 e. The van der Waals surface area contributed by atoms with E-state index in [0.29, 0.717) is 28.5 Å². The van der Waals surface area contributed by atoms with Crippen molar-refractivity contribution < 1.29 is 9.72 Å². The third-order valence-electron chi connectivity index (χ3n) is 4.71. The van der Waals surface area contributed by atoms with Crippen LogP contribution in [0.5, 0.6) is 0 Å². The number of carbonyl (C=O) groups is 1. The Labute approximate surface area is 166 Å². The fourth-order valence-corrected chi connectivity index (χ4v) is 3.42. The van der Waals surface area contributed by atoms with Gasteiger partial charge in [0, 0.05) is 23.5 Å². The van der Waals surface area contributed by atoms with Crippen LogP contribution in [0.25, 0.3) is 0 Å². The van der Waals surface area contributed by atoms with Gasteiger partial charge in [0.2, 0.25) is 5.95 Å². The Bertz CT molecular complexity index is 1150. The van der Waals surface area contributed by atoms with Crippen LogP contribution in [0.1, 0.15) is 24.1 Å². The molecule has 1 atom stereocenters. The molecule has 1 amide bonds. The van der Waals surface area contributed by atoms with Crippen LogP contribution in [0.15, 0.2) is 66.1 Å². The lowest BCUT2D eigenvalue weighted by molar-refractivity contribution is -0.384. The first-order valence-electron chi connectivity index (χ1n) is 8.93. The SMILES string of the molecule is CC1=C(C(=O)Nc2cccc(C)c2)C(c2cccc([N+](=O)[O-])c2)n2ncnc2N1. The fourth-order valence-electron chi connectivity index (χ4n) is 3.42. The molecule has 2 N–H and O–H groups in total. The molecule has 3 aromatic rings. The molecule has 1 aromatic heterocycles. The van der Waals surface area contributed by atoms with Gasteiger partial charge >= 0.3 is 0 Å². The number of aryl methyl sites for hydroxylation is 1. The van der Waals surface area contributed by atoms with Crippen molar-refractivity contribution in [2.45, 2.75) is 19.9 Å². The molecule has 0 saturated heterocycles. The molecule has 2 aromatic carbocycles. The van der Waals surface area contributed by atoms with Crippen LogP contribution in [0, 0.1) is 17.0 Å². The van der Waals surface area contributed by atoms with E-state index >= 15 is 0 Å². The van der Waals surface area contributed by atoms with E-state index in [-0.39, 0.29) is 11.6 Å². The van der Waals surface area contributed by atoms with Gasteiger partial charge in [0.25, 0.3) is 11.6 Å². The monoisotopic (exact) mass is 390 g/mol. The van der Waals surface area contributed by atoms with E-state index in [1.165, 1.54) is 18.5 Å². The molecule has 1 aliphatic rings. The zero-order chi connectivity index (χ0) is 20.5. The van der Waals surface area contributed by atoms with Crippen LogP contribution >= 0.6 is 0 Å². The first-order chi connectivity index (χ1) is 13.9. The summed E-state index contributed by atoms with van der Waals surface area (Å²) in [7, 11) is 0. The average Bonchev–Trinajstić information content (AvgIpc) is 3.14. The number of nitro benzene ring substituents is 1. The lowest BCUT2D eigenvalue weighted by Crippen LogP contribution is -2.31. The Morgan fingerprint density at radius 1 is 1.21 bits per heavy atom. The first-order valence-corrected chi connectivity index (χ1v) is 8.93. The van der Waals surface area contributed by atoms with Crippen LogP contribution in [0.4, 0.5) is 17.3 Å². The second-order valence-corrected chi connectivity index (χ2v) is 6.77. The van der Waals surface area contributed by atoms with E-state index in [1.54, 1.807) is 29.8 Å². The maximum Gasteiger partial charge on any atom is 0.269 e. The van der Waals surface area contributed by atoms with Gasteiger partial charge in [-0.3, -0.25) is 14.9 Å². The summed E-state index contributed by atoms with van der Waals surface area (Å²) in [5, 5.41) is 21.5. The number of nitrogens with one attached hydrogen (secondary N) is 2. The molecule has 0 spiro atoms. The van der Waals surface area contributed by atoms with Gasteiger partial charge in [-0.25, -0.2) is 4.68 Å². The minimum absolute atomic E-state index is 0.0567. The number of benzene rings is 2. The number of rotatable bonds is 4. The summed E-state index contributed by atoms with van der Waals surface area (Å²) in [6.45, 7) is 3.71. The van der Waals surface area contributed by atoms with E-state index < -0.39 is 11.0 Å². The second kappa shape index (κ2) is 7.19. The largest absolute Gasteiger partial charge is 0.328 e. The van der Waals surface area contributed by atoms with Gasteiger partial charge in [-0.1, -0.05) is 24.3 Å². The van der Waals surface area contributed by atoms with Gasteiger partial charge in [-0.15, -0.1) is 0 Å². The normalized spacial score (nSPS) is 15.4. The highest BCUT2D eigenvalue weighted by Gasteiger charge is 2.34. The number of fused-ring (bicyclic) bond motifs is 1. The molecule has 9 heteroatoms. The first kappa shape index (κ1) is 18.4. The standard InChI is InChI=1S/C20H18N6O3/c1-12-5-3-7-15(9-12)24-19(27)17-13(2)23-20-21-11-22-25(20)18(17)14-6-4-8-16(10-14)26(28)29/h3-11,18H,1-2H3,(H,24,27)(H,21,22,23). The number of non-ortho nitro benzene ring substituents is 1. The van der Waals surface area contributed by atoms with Crippen molar-refractivity contribution in [1.82, 2.24) is 14.8 Å². The number of amides is 1. The second-order valence-electron chi connectivity index (χ2n) is 6.77. The molecule has 9 nitrogen and oxygen atoms in total. The number of anilines is 2. The quantitative estimate of drug-likeness (QED) is 0.521. The Hall–Kier alpha value is -4.01. The highest BCUT2D eigenvalue weighted by atomic mass is 16.6. The molecule has 146 valence electrons. The number of hydrogen-bond donors (Lipinski definition) is 2. The number of aromatic nitrogens is 3. The molecule has 4 rings (SSSR count). The Kier molecular flexibility index (Phi) is 4.55. The third-order valence-corrected chi connectivity index (χ3v) is 4.71. The van der Waals surface area contributed by atoms with Crippen molar-refractivity contribution in [2.24, 2.45) is 0 Å². The topological polar surface area (TPSA) is 115 Å². The number of allylic oxidation sites excluding steroid dienone is 1. The molecule has 0 saturated carbocycles. The third kappa shape index (κ3) is 3.45. The van der Waals surface area contributed by atoms with Gasteiger partial charge in [-0.05, 0) is 37.1 Å². The van der Waals surface area contributed by atoms with E-state index in [1.807, 2.05) is 25.1 Å². The van der Waals surface area contributed by atoms with Gasteiger partial charge in [0.15, 0.2) is 0 Å². The zero-order valence-corrected chi connectivity index (χ0v) is 15.8. The van der Waals surface area contributed by atoms with Crippen molar-refractivity contribution in [3.05, 3.63) is 87.4 Å². The molecule has 1 unspecified atom stereocenters. The van der Waals surface area contributed by atoms with Crippen molar-refractivity contribution >= 4 is 23.2 Å². The van der Waals surface area contributed by atoms with Gasteiger partial charge < -0.3 is 10.6 Å². The van der Waals surface area contributed by atoms with Gasteiger partial charge in [0.05, 0.1) is 10.5 Å². The molecule has 0 fully saturated rings. The molecular formula is C20H18N6O3. The highest BCUT2D eigenvalue weighted by Crippen LogP contribution is 2.36. The summed E-state index contributed by atoms with van der Waals surface area (Å²) in [5.74, 6) is 0.143. The minimum atomic E-state index is -0.654. The maximum atomic E-state index is 13.2. The summed E-state index contributed by atoms with van der Waals surface area (Å²) in [6, 6.07) is 13.0. The van der Waals surface area contributed by atoms with Crippen LogP contribution in [0.3, 0.4) is 0 Å². The molecule has 0 aliphatic carbocycles. The van der Waals surface area contributed by atoms with E-state index in [9.17, 15) is 14.9 Å². The summed E-state index contributed by atoms with van der Waals surface area (Å²) in [6.07, 6.45) is 1.38. The molecule has 0 bridgehead atoms. The predicted octanol–water partition coefficient (Wildman–Crippen LogP) is 3.42. The molecule has 2 heterocycles. The highest BCUT2D eigenvalue weighted by molar-refractivity contribution is 6.06. The lowest BCUT2D eigenvalue weighted by Gasteiger charge is -2.28. The van der Waals surface area contributed by atoms with E-state index in [0.717, 1.165) is 5.56 Å². The predicted molar refractivity (Wildman–Crippen MR) is 107 cm³/mol. The fraction of sp³-hybridized carbons (Fsp3) is 0.150. The summed E-state index contributed by atoms with van der Waals surface area (Å²) < 4.78 is 1.55. The van der Waals surface area contributed by atoms with Gasteiger partial charge in [0.1, 0.15) is 12.4 Å². The summed E-state index contributed by atoms with van der Waals surface area (Å²) in [5.41, 5.74) is 3.21.